The number of amides is 1. The van der Waals surface area contributed by atoms with Crippen LogP contribution in [0.1, 0.15) is 65.2 Å². The third-order valence-corrected chi connectivity index (χ3v) is 5.05. The van der Waals surface area contributed by atoms with Gasteiger partial charge in [0, 0.05) is 12.0 Å². The number of esters is 1. The van der Waals surface area contributed by atoms with Crippen LogP contribution in [0.4, 0.5) is 0 Å². The molecular formula is C17H29NO3. The van der Waals surface area contributed by atoms with Crippen LogP contribution in [0, 0.1) is 11.3 Å². The smallest absolute Gasteiger partial charge is 0.328 e. The SMILES string of the molecule is COC(=O)[C@H]1CCCCN1C(=O)C1(CC(C)C)CCCC1. The van der Waals surface area contributed by atoms with Crippen LogP contribution in [-0.4, -0.2) is 36.5 Å². The van der Waals surface area contributed by atoms with Gasteiger partial charge in [-0.05, 0) is 44.4 Å². The van der Waals surface area contributed by atoms with Gasteiger partial charge < -0.3 is 9.64 Å². The van der Waals surface area contributed by atoms with Crippen molar-refractivity contribution in [1.29, 1.82) is 0 Å². The number of carbonyl (C=O) groups is 2. The van der Waals surface area contributed by atoms with E-state index in [2.05, 4.69) is 13.8 Å². The third kappa shape index (κ3) is 3.41. The molecule has 4 heteroatoms. The second kappa shape index (κ2) is 6.80. The number of hydrogen-bond donors (Lipinski definition) is 0. The van der Waals surface area contributed by atoms with E-state index in [1.165, 1.54) is 7.11 Å². The highest BCUT2D eigenvalue weighted by Gasteiger charge is 2.46. The van der Waals surface area contributed by atoms with Gasteiger partial charge in [0.2, 0.25) is 5.91 Å². The maximum Gasteiger partial charge on any atom is 0.328 e. The zero-order valence-electron chi connectivity index (χ0n) is 13.7. The van der Waals surface area contributed by atoms with Gasteiger partial charge in [-0.1, -0.05) is 26.7 Å². The Morgan fingerprint density at radius 3 is 2.43 bits per heavy atom. The van der Waals surface area contributed by atoms with Gasteiger partial charge in [0.15, 0.2) is 0 Å². The fourth-order valence-corrected chi connectivity index (χ4v) is 4.20. The van der Waals surface area contributed by atoms with Crippen LogP contribution in [-0.2, 0) is 14.3 Å². The lowest BCUT2D eigenvalue weighted by molar-refractivity contribution is -0.159. The minimum absolute atomic E-state index is 0.212. The normalized spacial score (nSPS) is 25.1. The first kappa shape index (κ1) is 16.3. The molecule has 21 heavy (non-hydrogen) atoms. The van der Waals surface area contributed by atoms with Crippen molar-refractivity contribution < 1.29 is 14.3 Å². The van der Waals surface area contributed by atoms with Gasteiger partial charge in [0.05, 0.1) is 7.11 Å². The monoisotopic (exact) mass is 295 g/mol. The lowest BCUT2D eigenvalue weighted by Crippen LogP contribution is -2.53. The first-order valence-corrected chi connectivity index (χ1v) is 8.39. The summed E-state index contributed by atoms with van der Waals surface area (Å²) in [5.41, 5.74) is -0.224. The van der Waals surface area contributed by atoms with Crippen molar-refractivity contribution >= 4 is 11.9 Å². The number of carbonyl (C=O) groups excluding carboxylic acids is 2. The zero-order chi connectivity index (χ0) is 15.5. The van der Waals surface area contributed by atoms with Crippen molar-refractivity contribution in [3.8, 4) is 0 Å². The molecule has 120 valence electrons. The summed E-state index contributed by atoms with van der Waals surface area (Å²) in [6.45, 7) is 5.07. The van der Waals surface area contributed by atoms with Gasteiger partial charge in [-0.3, -0.25) is 4.79 Å². The van der Waals surface area contributed by atoms with Crippen molar-refractivity contribution in [3.63, 3.8) is 0 Å². The molecule has 0 aromatic carbocycles. The Hall–Kier alpha value is -1.06. The molecule has 0 unspecified atom stereocenters. The molecule has 0 bridgehead atoms. The van der Waals surface area contributed by atoms with E-state index in [-0.39, 0.29) is 23.3 Å². The van der Waals surface area contributed by atoms with E-state index in [0.717, 1.165) is 51.4 Å². The molecule has 1 atom stereocenters. The Morgan fingerprint density at radius 2 is 1.86 bits per heavy atom. The third-order valence-electron chi connectivity index (χ3n) is 5.05. The van der Waals surface area contributed by atoms with E-state index >= 15 is 0 Å². The first-order chi connectivity index (χ1) is 10.00. The Bertz CT molecular complexity index is 385. The van der Waals surface area contributed by atoms with Crippen molar-refractivity contribution in [3.05, 3.63) is 0 Å². The average molecular weight is 295 g/mol. The van der Waals surface area contributed by atoms with Crippen LogP contribution in [0.2, 0.25) is 0 Å². The summed E-state index contributed by atoms with van der Waals surface area (Å²) < 4.78 is 4.91. The topological polar surface area (TPSA) is 46.6 Å². The number of rotatable bonds is 4. The molecule has 1 saturated carbocycles. The van der Waals surface area contributed by atoms with Crippen LogP contribution in [0.3, 0.4) is 0 Å². The maximum absolute atomic E-state index is 13.2. The highest BCUT2D eigenvalue weighted by Crippen LogP contribution is 2.45. The summed E-state index contributed by atoms with van der Waals surface area (Å²) in [6.07, 6.45) is 7.91. The van der Waals surface area contributed by atoms with E-state index in [1.807, 2.05) is 4.90 Å². The van der Waals surface area contributed by atoms with Crippen molar-refractivity contribution in [2.45, 2.75) is 71.3 Å². The summed E-state index contributed by atoms with van der Waals surface area (Å²) >= 11 is 0. The van der Waals surface area contributed by atoms with Gasteiger partial charge in [0.25, 0.3) is 0 Å². The maximum atomic E-state index is 13.2. The quantitative estimate of drug-likeness (QED) is 0.749. The molecule has 0 N–H and O–H groups in total. The van der Waals surface area contributed by atoms with Crippen LogP contribution in [0.25, 0.3) is 0 Å². The van der Waals surface area contributed by atoms with Gasteiger partial charge in [-0.15, -0.1) is 0 Å². The van der Waals surface area contributed by atoms with Crippen LogP contribution < -0.4 is 0 Å². The zero-order valence-corrected chi connectivity index (χ0v) is 13.7. The molecule has 2 aliphatic rings. The minimum atomic E-state index is -0.360. The summed E-state index contributed by atoms with van der Waals surface area (Å²) in [5.74, 6) is 0.470. The molecule has 1 saturated heterocycles. The van der Waals surface area contributed by atoms with Crippen LogP contribution >= 0.6 is 0 Å². The van der Waals surface area contributed by atoms with E-state index in [0.29, 0.717) is 12.5 Å². The Kier molecular flexibility index (Phi) is 5.28. The number of likely N-dealkylation sites (tertiary alicyclic amines) is 1. The Labute approximate surface area is 128 Å². The van der Waals surface area contributed by atoms with E-state index < -0.39 is 0 Å². The van der Waals surface area contributed by atoms with Gasteiger partial charge in [-0.2, -0.15) is 0 Å². The first-order valence-electron chi connectivity index (χ1n) is 8.39. The van der Waals surface area contributed by atoms with Gasteiger partial charge in [0.1, 0.15) is 6.04 Å². The predicted molar refractivity (Wildman–Crippen MR) is 81.7 cm³/mol. The van der Waals surface area contributed by atoms with Crippen molar-refractivity contribution in [2.24, 2.45) is 11.3 Å². The number of piperidine rings is 1. The molecule has 1 amide bonds. The summed E-state index contributed by atoms with van der Waals surface area (Å²) in [5, 5.41) is 0. The molecule has 1 aliphatic heterocycles. The molecule has 2 rings (SSSR count). The highest BCUT2D eigenvalue weighted by atomic mass is 16.5. The van der Waals surface area contributed by atoms with Crippen molar-refractivity contribution in [1.82, 2.24) is 4.90 Å². The Balaban J connectivity index is 2.19. The summed E-state index contributed by atoms with van der Waals surface area (Å²) in [7, 11) is 1.42. The van der Waals surface area contributed by atoms with Crippen LogP contribution in [0.5, 0.6) is 0 Å². The molecule has 0 aromatic heterocycles. The standard InChI is InChI=1S/C17H29NO3/c1-13(2)12-17(9-5-6-10-17)16(20)18-11-7-4-8-14(18)15(19)21-3/h13-14H,4-12H2,1-3H3/t14-/m1/s1. The van der Waals surface area contributed by atoms with E-state index in [4.69, 9.17) is 4.74 Å². The lowest BCUT2D eigenvalue weighted by Gasteiger charge is -2.40. The van der Waals surface area contributed by atoms with Gasteiger partial charge >= 0.3 is 5.97 Å². The number of ether oxygens (including phenoxy) is 1. The summed E-state index contributed by atoms with van der Waals surface area (Å²) in [6, 6.07) is -0.360. The average Bonchev–Trinajstić information content (AvgIpc) is 2.94. The second-order valence-electron chi connectivity index (χ2n) is 7.12. The number of nitrogens with zero attached hydrogens (tertiary/aromatic N) is 1. The molecule has 0 radical (unpaired) electrons. The minimum Gasteiger partial charge on any atom is -0.467 e. The number of hydrogen-bond acceptors (Lipinski definition) is 3. The molecule has 1 aliphatic carbocycles. The van der Waals surface area contributed by atoms with E-state index in [9.17, 15) is 9.59 Å². The fraction of sp³-hybridized carbons (Fsp3) is 0.882. The second-order valence-corrected chi connectivity index (χ2v) is 7.12. The van der Waals surface area contributed by atoms with Gasteiger partial charge in [-0.25, -0.2) is 4.79 Å². The Morgan fingerprint density at radius 1 is 1.19 bits per heavy atom. The van der Waals surface area contributed by atoms with E-state index in [1.54, 1.807) is 0 Å². The molecule has 4 nitrogen and oxygen atoms in total. The highest BCUT2D eigenvalue weighted by molar-refractivity contribution is 5.88. The van der Waals surface area contributed by atoms with Crippen molar-refractivity contribution in [2.75, 3.05) is 13.7 Å². The molecule has 1 heterocycles. The number of methoxy groups -OCH3 is 1. The predicted octanol–water partition coefficient (Wildman–Crippen LogP) is 3.15. The lowest BCUT2D eigenvalue weighted by atomic mass is 9.76. The molecular weight excluding hydrogens is 266 g/mol. The summed E-state index contributed by atoms with van der Waals surface area (Å²) in [4.78, 5) is 27.1. The largest absolute Gasteiger partial charge is 0.467 e. The molecule has 0 spiro atoms. The molecule has 0 aromatic rings. The van der Waals surface area contributed by atoms with Crippen LogP contribution in [0.15, 0.2) is 0 Å². The molecule has 2 fully saturated rings. The fourth-order valence-electron chi connectivity index (χ4n) is 4.20.